The van der Waals surface area contributed by atoms with Gasteiger partial charge in [0.25, 0.3) is 0 Å². The Morgan fingerprint density at radius 1 is 1.50 bits per heavy atom. The molecule has 1 aliphatic heterocycles. The third-order valence-corrected chi connectivity index (χ3v) is 3.66. The van der Waals surface area contributed by atoms with Crippen molar-refractivity contribution < 1.29 is 9.53 Å². The number of nitrogens with zero attached hydrogens (tertiary/aromatic N) is 2. The number of ether oxygens (including phenoxy) is 1. The monoisotopic (exact) mass is 273 g/mol. The smallest absolute Gasteiger partial charge is 0.141 e. The van der Waals surface area contributed by atoms with Crippen LogP contribution in [0.15, 0.2) is 24.3 Å². The summed E-state index contributed by atoms with van der Waals surface area (Å²) in [6, 6.07) is 8.00. The number of morpholine rings is 1. The highest BCUT2D eigenvalue weighted by Crippen LogP contribution is 2.18. The summed E-state index contributed by atoms with van der Waals surface area (Å²) in [4.78, 5) is 12.2. The second-order valence-corrected chi connectivity index (χ2v) is 5.20. The fraction of sp³-hybridized carbons (Fsp3) is 0.467. The molecule has 1 N–H and O–H groups in total. The minimum atomic E-state index is 0.00577. The SMILES string of the molecule is Cn1nc(CC(=O)CC2CNCCO2)c2ccccc21. The highest BCUT2D eigenvalue weighted by Gasteiger charge is 2.19. The summed E-state index contributed by atoms with van der Waals surface area (Å²) in [6.45, 7) is 2.31. The Balaban J connectivity index is 1.71. The van der Waals surface area contributed by atoms with E-state index in [1.54, 1.807) is 0 Å². The van der Waals surface area contributed by atoms with Gasteiger partial charge in [0.05, 0.1) is 30.3 Å². The summed E-state index contributed by atoms with van der Waals surface area (Å²) in [6.07, 6.45) is 0.838. The van der Waals surface area contributed by atoms with Crippen LogP contribution in [0.25, 0.3) is 10.9 Å². The van der Waals surface area contributed by atoms with Crippen LogP contribution >= 0.6 is 0 Å². The third kappa shape index (κ3) is 2.73. The van der Waals surface area contributed by atoms with Crippen molar-refractivity contribution in [2.45, 2.75) is 18.9 Å². The molecule has 2 heterocycles. The van der Waals surface area contributed by atoms with Gasteiger partial charge in [0.1, 0.15) is 5.78 Å². The van der Waals surface area contributed by atoms with Gasteiger partial charge in [0.15, 0.2) is 0 Å². The Hall–Kier alpha value is -1.72. The normalized spacial score (nSPS) is 19.4. The van der Waals surface area contributed by atoms with Gasteiger partial charge in [-0.2, -0.15) is 5.10 Å². The van der Waals surface area contributed by atoms with Gasteiger partial charge in [-0.1, -0.05) is 18.2 Å². The van der Waals surface area contributed by atoms with E-state index < -0.39 is 0 Å². The molecule has 0 bridgehead atoms. The van der Waals surface area contributed by atoms with Gasteiger partial charge < -0.3 is 10.1 Å². The minimum Gasteiger partial charge on any atom is -0.375 e. The molecule has 0 saturated carbocycles. The van der Waals surface area contributed by atoms with Gasteiger partial charge in [-0.25, -0.2) is 0 Å². The predicted octanol–water partition coefficient (Wildman–Crippen LogP) is 1.06. The quantitative estimate of drug-likeness (QED) is 0.905. The zero-order valence-electron chi connectivity index (χ0n) is 11.6. The lowest BCUT2D eigenvalue weighted by Crippen LogP contribution is -2.39. The van der Waals surface area contributed by atoms with Crippen LogP contribution < -0.4 is 5.32 Å². The van der Waals surface area contributed by atoms with Crippen molar-refractivity contribution in [1.29, 1.82) is 0 Å². The molecule has 5 nitrogen and oxygen atoms in total. The molecular formula is C15H19N3O2. The molecule has 20 heavy (non-hydrogen) atoms. The lowest BCUT2D eigenvalue weighted by atomic mass is 10.1. The van der Waals surface area contributed by atoms with Crippen molar-refractivity contribution in [3.8, 4) is 0 Å². The topological polar surface area (TPSA) is 56.2 Å². The fourth-order valence-corrected chi connectivity index (χ4v) is 2.68. The molecule has 1 aromatic carbocycles. The fourth-order valence-electron chi connectivity index (χ4n) is 2.68. The average molecular weight is 273 g/mol. The molecule has 1 aliphatic rings. The molecule has 0 radical (unpaired) electrons. The summed E-state index contributed by atoms with van der Waals surface area (Å²) < 4.78 is 7.40. The number of ketones is 1. The lowest BCUT2D eigenvalue weighted by molar-refractivity contribution is -0.121. The van der Waals surface area contributed by atoms with Crippen molar-refractivity contribution in [2.75, 3.05) is 19.7 Å². The summed E-state index contributed by atoms with van der Waals surface area (Å²) in [5, 5.41) is 8.76. The number of aryl methyl sites for hydroxylation is 1. The van der Waals surface area contributed by atoms with Crippen LogP contribution in [-0.2, 0) is 23.0 Å². The largest absolute Gasteiger partial charge is 0.375 e. The second-order valence-electron chi connectivity index (χ2n) is 5.20. The highest BCUT2D eigenvalue weighted by molar-refractivity contribution is 5.88. The number of aromatic nitrogens is 2. The van der Waals surface area contributed by atoms with Gasteiger partial charge >= 0.3 is 0 Å². The molecule has 1 unspecified atom stereocenters. The van der Waals surface area contributed by atoms with Crippen LogP contribution in [0.1, 0.15) is 12.1 Å². The number of hydrogen-bond donors (Lipinski definition) is 1. The first-order valence-corrected chi connectivity index (χ1v) is 6.98. The summed E-state index contributed by atoms with van der Waals surface area (Å²) >= 11 is 0. The standard InChI is InChI=1S/C15H19N3O2/c1-18-15-5-3-2-4-13(15)14(17-18)9-11(19)8-12-10-16-6-7-20-12/h2-5,12,16H,6-10H2,1H3. The predicted molar refractivity (Wildman–Crippen MR) is 76.7 cm³/mol. The summed E-state index contributed by atoms with van der Waals surface area (Å²) in [5.41, 5.74) is 1.92. The Morgan fingerprint density at radius 3 is 3.15 bits per heavy atom. The summed E-state index contributed by atoms with van der Waals surface area (Å²) in [5.74, 6) is 0.183. The van der Waals surface area contributed by atoms with Gasteiger partial charge in [-0.05, 0) is 6.07 Å². The molecule has 5 heteroatoms. The van der Waals surface area contributed by atoms with E-state index in [-0.39, 0.29) is 11.9 Å². The first-order valence-electron chi connectivity index (χ1n) is 6.98. The third-order valence-electron chi connectivity index (χ3n) is 3.66. The first kappa shape index (κ1) is 13.3. The molecule has 1 fully saturated rings. The van der Waals surface area contributed by atoms with E-state index >= 15 is 0 Å². The molecule has 2 aromatic rings. The maximum atomic E-state index is 12.2. The lowest BCUT2D eigenvalue weighted by Gasteiger charge is -2.22. The van der Waals surface area contributed by atoms with Crippen LogP contribution in [0.2, 0.25) is 0 Å². The Kier molecular flexibility index (Phi) is 3.80. The summed E-state index contributed by atoms with van der Waals surface area (Å²) in [7, 11) is 1.91. The Morgan fingerprint density at radius 2 is 2.35 bits per heavy atom. The van der Waals surface area contributed by atoms with Crippen molar-refractivity contribution in [3.05, 3.63) is 30.0 Å². The number of para-hydroxylation sites is 1. The van der Waals surface area contributed by atoms with E-state index in [4.69, 9.17) is 4.74 Å². The maximum Gasteiger partial charge on any atom is 0.141 e. The van der Waals surface area contributed by atoms with Gasteiger partial charge in [0, 0.05) is 31.9 Å². The molecule has 106 valence electrons. The number of benzene rings is 1. The van der Waals surface area contributed by atoms with E-state index in [9.17, 15) is 4.79 Å². The Bertz CT molecular complexity index is 615. The molecule has 0 aliphatic carbocycles. The van der Waals surface area contributed by atoms with Gasteiger partial charge in [-0.15, -0.1) is 0 Å². The Labute approximate surface area is 117 Å². The van der Waals surface area contributed by atoms with E-state index in [1.165, 1.54) is 0 Å². The zero-order chi connectivity index (χ0) is 13.9. The number of nitrogens with one attached hydrogen (secondary N) is 1. The van der Waals surface area contributed by atoms with Crippen LogP contribution in [-0.4, -0.2) is 41.4 Å². The highest BCUT2D eigenvalue weighted by atomic mass is 16.5. The number of hydrogen-bond acceptors (Lipinski definition) is 4. The molecule has 1 saturated heterocycles. The van der Waals surface area contributed by atoms with Crippen molar-refractivity contribution in [2.24, 2.45) is 7.05 Å². The number of Topliss-reactive ketones (excluding diaryl/α,β-unsaturated/α-hetero) is 1. The molecular weight excluding hydrogens is 254 g/mol. The number of carbonyl (C=O) groups is 1. The number of fused-ring (bicyclic) bond motifs is 1. The van der Waals surface area contributed by atoms with Crippen molar-refractivity contribution in [3.63, 3.8) is 0 Å². The number of rotatable bonds is 4. The molecule has 1 aromatic heterocycles. The van der Waals surface area contributed by atoms with Gasteiger partial charge in [-0.3, -0.25) is 9.48 Å². The maximum absolute atomic E-state index is 12.2. The molecule has 1 atom stereocenters. The zero-order valence-corrected chi connectivity index (χ0v) is 11.6. The van der Waals surface area contributed by atoms with Crippen LogP contribution in [0.4, 0.5) is 0 Å². The van der Waals surface area contributed by atoms with E-state index in [0.717, 1.165) is 29.7 Å². The number of carbonyl (C=O) groups excluding carboxylic acids is 1. The molecule has 0 spiro atoms. The molecule has 0 amide bonds. The van der Waals surface area contributed by atoms with Gasteiger partial charge in [0.2, 0.25) is 0 Å². The first-order chi connectivity index (χ1) is 9.74. The van der Waals surface area contributed by atoms with Crippen LogP contribution in [0.5, 0.6) is 0 Å². The van der Waals surface area contributed by atoms with Crippen molar-refractivity contribution >= 4 is 16.7 Å². The van der Waals surface area contributed by atoms with E-state index in [1.807, 2.05) is 36.0 Å². The van der Waals surface area contributed by atoms with Crippen molar-refractivity contribution in [1.82, 2.24) is 15.1 Å². The van der Waals surface area contributed by atoms with Crippen LogP contribution in [0, 0.1) is 0 Å². The minimum absolute atomic E-state index is 0.00577. The second kappa shape index (κ2) is 5.73. The van der Waals surface area contributed by atoms with E-state index in [2.05, 4.69) is 10.4 Å². The average Bonchev–Trinajstić information content (AvgIpc) is 2.77. The molecule has 3 rings (SSSR count). The van der Waals surface area contributed by atoms with E-state index in [0.29, 0.717) is 19.4 Å². The van der Waals surface area contributed by atoms with Crippen LogP contribution in [0.3, 0.4) is 0 Å².